The van der Waals surface area contributed by atoms with Gasteiger partial charge in [0.1, 0.15) is 18.5 Å². The third-order valence-corrected chi connectivity index (χ3v) is 8.32. The Morgan fingerprint density at radius 3 is 2.55 bits per heavy atom. The van der Waals surface area contributed by atoms with Gasteiger partial charge in [-0.2, -0.15) is 0 Å². The first-order chi connectivity index (χ1) is 20.2. The molecule has 3 aromatic rings. The van der Waals surface area contributed by atoms with Crippen molar-refractivity contribution >= 4 is 28.9 Å². The molecule has 42 heavy (non-hydrogen) atoms. The number of benzene rings is 2. The highest BCUT2D eigenvalue weighted by atomic mass is 16.5. The van der Waals surface area contributed by atoms with Crippen LogP contribution in [0.2, 0.25) is 0 Å². The van der Waals surface area contributed by atoms with Crippen molar-refractivity contribution in [3.05, 3.63) is 86.3 Å². The van der Waals surface area contributed by atoms with Gasteiger partial charge in [-0.25, -0.2) is 0 Å². The smallest absolute Gasteiger partial charge is 0.261 e. The summed E-state index contributed by atoms with van der Waals surface area (Å²) in [6, 6.07) is 10.9. The number of nitrogens with zero attached hydrogens (tertiary/aromatic N) is 3. The average Bonchev–Trinajstić information content (AvgIpc) is 3.48. The van der Waals surface area contributed by atoms with E-state index in [-0.39, 0.29) is 36.6 Å². The number of hydrogen-bond donors (Lipinski definition) is 3. The van der Waals surface area contributed by atoms with Gasteiger partial charge in [-0.15, -0.1) is 0 Å². The number of hydrogen-bond acceptors (Lipinski definition) is 8. The lowest BCUT2D eigenvalue weighted by Crippen LogP contribution is -2.46. The molecule has 0 bridgehead atoms. The van der Waals surface area contributed by atoms with Crippen molar-refractivity contribution in [1.29, 1.82) is 0 Å². The number of anilines is 1. The summed E-state index contributed by atoms with van der Waals surface area (Å²) < 4.78 is 5.80. The van der Waals surface area contributed by atoms with Crippen molar-refractivity contribution in [2.75, 3.05) is 38.6 Å². The van der Waals surface area contributed by atoms with Gasteiger partial charge in [-0.1, -0.05) is 17.7 Å². The van der Waals surface area contributed by atoms with Gasteiger partial charge in [0, 0.05) is 25.2 Å². The van der Waals surface area contributed by atoms with Crippen LogP contribution in [0, 0.1) is 13.8 Å². The number of carbonyl (C=O) groups is 2. The summed E-state index contributed by atoms with van der Waals surface area (Å²) in [6.45, 7) is 5.91. The van der Waals surface area contributed by atoms with E-state index in [0.717, 1.165) is 42.6 Å². The van der Waals surface area contributed by atoms with Gasteiger partial charge in [0.25, 0.3) is 17.4 Å². The zero-order chi connectivity index (χ0) is 29.5. The number of ether oxygens (including phenoxy) is 1. The van der Waals surface area contributed by atoms with E-state index < -0.39 is 6.10 Å². The van der Waals surface area contributed by atoms with Crippen LogP contribution in [0.15, 0.2) is 52.4 Å². The minimum Gasteiger partial charge on any atom is -0.491 e. The number of amides is 2. The Labute approximate surface area is 244 Å². The first-order valence-electron chi connectivity index (χ1n) is 14.3. The molecule has 0 radical (unpaired) electrons. The number of carbonyl (C=O) groups excluding carboxylic acids is 2. The Hall–Kier alpha value is -4.28. The van der Waals surface area contributed by atoms with Crippen LogP contribution < -0.4 is 15.6 Å². The summed E-state index contributed by atoms with van der Waals surface area (Å²) in [5, 5.41) is 13.8. The third kappa shape index (κ3) is 5.23. The molecule has 0 aliphatic carbocycles. The van der Waals surface area contributed by atoms with Gasteiger partial charge < -0.3 is 25.0 Å². The predicted octanol–water partition coefficient (Wildman–Crippen LogP) is 3.21. The summed E-state index contributed by atoms with van der Waals surface area (Å²) in [5.74, 6) is 0.193. The molecule has 2 amide bonds. The van der Waals surface area contributed by atoms with E-state index in [1.165, 1.54) is 4.90 Å². The van der Waals surface area contributed by atoms with Crippen molar-refractivity contribution in [2.24, 2.45) is 4.99 Å². The number of aliphatic hydroxyl groups excluding tert-OH is 1. The van der Waals surface area contributed by atoms with Crippen molar-refractivity contribution in [2.45, 2.75) is 45.3 Å². The van der Waals surface area contributed by atoms with E-state index in [1.807, 2.05) is 39.1 Å². The van der Waals surface area contributed by atoms with Crippen molar-refractivity contribution in [1.82, 2.24) is 14.8 Å². The molecule has 0 spiro atoms. The van der Waals surface area contributed by atoms with Crippen LogP contribution in [-0.2, 0) is 6.42 Å². The Balaban J connectivity index is 1.17. The van der Waals surface area contributed by atoms with E-state index in [0.29, 0.717) is 45.9 Å². The lowest BCUT2D eigenvalue weighted by molar-refractivity contribution is 0.0516. The minimum atomic E-state index is -0.826. The summed E-state index contributed by atoms with van der Waals surface area (Å²) in [7, 11) is 2.04. The van der Waals surface area contributed by atoms with Gasteiger partial charge in [0.2, 0.25) is 0 Å². The zero-order valence-electron chi connectivity index (χ0n) is 24.1. The zero-order valence-corrected chi connectivity index (χ0v) is 24.1. The van der Waals surface area contributed by atoms with Crippen molar-refractivity contribution < 1.29 is 19.4 Å². The molecule has 3 N–H and O–H groups in total. The molecule has 0 saturated carbocycles. The Kier molecular flexibility index (Phi) is 7.42. The molecule has 1 atom stereocenters. The molecule has 1 saturated heterocycles. The maximum Gasteiger partial charge on any atom is 0.261 e. The Bertz CT molecular complexity index is 1650. The topological polar surface area (TPSA) is 127 Å². The van der Waals surface area contributed by atoms with Crippen LogP contribution in [-0.4, -0.2) is 82.9 Å². The number of rotatable bonds is 8. The van der Waals surface area contributed by atoms with Gasteiger partial charge in [-0.05, 0) is 82.2 Å². The molecule has 0 unspecified atom stereocenters. The SMILES string of the molecule is Cc1ccc(OC[C@@H](O)CNc2cc[nH]c(=O)c2C2=Nc3cc4c(cc3C2)C(=O)N(C2CCN(C)CC2)C4=O)c(C)c1. The average molecular weight is 570 g/mol. The molecule has 6 rings (SSSR count). The van der Waals surface area contributed by atoms with Crippen LogP contribution in [0.1, 0.15) is 55.8 Å². The maximum atomic E-state index is 13.3. The van der Waals surface area contributed by atoms with Gasteiger partial charge in [-0.3, -0.25) is 24.3 Å². The number of piperidine rings is 1. The fourth-order valence-electron chi connectivity index (χ4n) is 6.03. The number of imide groups is 1. The van der Waals surface area contributed by atoms with Crippen molar-refractivity contribution in [3.8, 4) is 5.75 Å². The van der Waals surface area contributed by atoms with Gasteiger partial charge in [0.15, 0.2) is 0 Å². The second kappa shape index (κ2) is 11.2. The van der Waals surface area contributed by atoms with E-state index >= 15 is 0 Å². The minimum absolute atomic E-state index is 0.0873. The predicted molar refractivity (Wildman–Crippen MR) is 160 cm³/mol. The third-order valence-electron chi connectivity index (χ3n) is 8.32. The van der Waals surface area contributed by atoms with Crippen LogP contribution in [0.5, 0.6) is 5.75 Å². The summed E-state index contributed by atoms with van der Waals surface area (Å²) in [6.07, 6.45) is 2.59. The number of fused-ring (bicyclic) bond motifs is 2. The number of aryl methyl sites for hydroxylation is 2. The number of aromatic amines is 1. The summed E-state index contributed by atoms with van der Waals surface area (Å²) >= 11 is 0. The summed E-state index contributed by atoms with van der Waals surface area (Å²) in [4.78, 5) is 50.7. The number of aliphatic hydroxyl groups is 1. The second-order valence-corrected chi connectivity index (χ2v) is 11.5. The number of aliphatic imine (C=N–C) groups is 1. The number of pyridine rings is 1. The first kappa shape index (κ1) is 27.9. The second-order valence-electron chi connectivity index (χ2n) is 11.5. The molecule has 1 aromatic heterocycles. The molecular weight excluding hydrogens is 534 g/mol. The van der Waals surface area contributed by atoms with E-state index in [4.69, 9.17) is 9.73 Å². The molecular formula is C32H35N5O5. The number of likely N-dealkylation sites (tertiary alicyclic amines) is 1. The van der Waals surface area contributed by atoms with Crippen LogP contribution in [0.4, 0.5) is 11.4 Å². The highest BCUT2D eigenvalue weighted by Crippen LogP contribution is 2.37. The molecule has 2 aromatic carbocycles. The lowest BCUT2D eigenvalue weighted by atomic mass is 10.00. The Morgan fingerprint density at radius 1 is 1.07 bits per heavy atom. The molecule has 218 valence electrons. The molecule has 1 fully saturated rings. The first-order valence-corrected chi connectivity index (χ1v) is 14.3. The van der Waals surface area contributed by atoms with Gasteiger partial charge >= 0.3 is 0 Å². The van der Waals surface area contributed by atoms with Crippen LogP contribution in [0.25, 0.3) is 0 Å². The van der Waals surface area contributed by atoms with Crippen LogP contribution in [0.3, 0.4) is 0 Å². The number of nitrogens with one attached hydrogen (secondary N) is 2. The van der Waals surface area contributed by atoms with Gasteiger partial charge in [0.05, 0.1) is 33.8 Å². The van der Waals surface area contributed by atoms with E-state index in [2.05, 4.69) is 15.2 Å². The molecule has 10 heteroatoms. The molecule has 4 heterocycles. The Morgan fingerprint density at radius 2 is 1.81 bits per heavy atom. The van der Waals surface area contributed by atoms with Crippen molar-refractivity contribution in [3.63, 3.8) is 0 Å². The molecule has 3 aliphatic rings. The molecule has 3 aliphatic heterocycles. The normalized spacial score (nSPS) is 17.7. The maximum absolute atomic E-state index is 13.3. The highest BCUT2D eigenvalue weighted by Gasteiger charge is 2.42. The number of H-pyrrole nitrogens is 1. The lowest BCUT2D eigenvalue weighted by Gasteiger charge is -2.33. The monoisotopic (exact) mass is 569 g/mol. The highest BCUT2D eigenvalue weighted by molar-refractivity contribution is 6.22. The van der Waals surface area contributed by atoms with Crippen LogP contribution >= 0.6 is 0 Å². The van der Waals surface area contributed by atoms with E-state index in [9.17, 15) is 19.5 Å². The summed E-state index contributed by atoms with van der Waals surface area (Å²) in [5.41, 5.74) is 5.40. The largest absolute Gasteiger partial charge is 0.491 e. The van der Waals surface area contributed by atoms with E-state index in [1.54, 1.807) is 24.4 Å². The quantitative estimate of drug-likeness (QED) is 0.356. The molecule has 10 nitrogen and oxygen atoms in total. The fourth-order valence-corrected chi connectivity index (χ4v) is 6.03. The standard InChI is InChI=1S/C32H35N5O5/c1-18-4-5-28(19(2)12-18)42-17-22(38)16-34-25-6-9-33-30(39)29(25)27-14-20-13-23-24(15-26(20)35-27)32(41)37(31(23)40)21-7-10-36(3)11-8-21/h4-6,9,12-13,15,21-22,38H,7-8,10-11,14,16-17H2,1-3H3,(H2,33,34,39)/t22-/m0/s1. The number of aromatic nitrogens is 1. The fraction of sp³-hybridized carbons (Fsp3) is 0.375.